The number of hydrogen-bond donors (Lipinski definition) is 2. The molecule has 0 bridgehead atoms. The van der Waals surface area contributed by atoms with Crippen LogP contribution in [0.25, 0.3) is 0 Å². The van der Waals surface area contributed by atoms with E-state index in [2.05, 4.69) is 16.2 Å². The number of nitrogens with zero attached hydrogens (tertiary/aromatic N) is 1. The summed E-state index contributed by atoms with van der Waals surface area (Å²) in [5.41, 5.74) is 5.33. The van der Waals surface area contributed by atoms with Gasteiger partial charge >= 0.3 is 0 Å². The second-order valence-corrected chi connectivity index (χ2v) is 1.96. The molecule has 1 atom stereocenters. The van der Waals surface area contributed by atoms with Crippen molar-refractivity contribution >= 4 is 5.96 Å². The molecule has 3 N–H and O–H groups in total. The number of terminal acetylenes is 1. The fourth-order valence-corrected chi connectivity index (χ4v) is 0.764. The normalized spacial score (nSPS) is 24.3. The lowest BCUT2D eigenvalue weighted by atomic mass is 10.2. The van der Waals surface area contributed by atoms with E-state index in [9.17, 15) is 0 Å². The summed E-state index contributed by atoms with van der Waals surface area (Å²) >= 11 is 0. The Balaban J connectivity index is 2.40. The molecule has 0 saturated carbocycles. The Hall–Kier alpha value is -1.17. The van der Waals surface area contributed by atoms with Gasteiger partial charge in [-0.25, -0.2) is 4.99 Å². The summed E-state index contributed by atoms with van der Waals surface area (Å²) < 4.78 is 0. The van der Waals surface area contributed by atoms with E-state index in [1.807, 2.05) is 0 Å². The molecule has 1 aliphatic rings. The Morgan fingerprint density at radius 1 is 2.00 bits per heavy atom. The lowest BCUT2D eigenvalue weighted by Crippen LogP contribution is -2.27. The zero-order valence-electron chi connectivity index (χ0n) is 5.09. The van der Waals surface area contributed by atoms with E-state index in [-0.39, 0.29) is 6.04 Å². The highest BCUT2D eigenvalue weighted by molar-refractivity contribution is 5.79. The quantitative estimate of drug-likeness (QED) is 0.453. The van der Waals surface area contributed by atoms with Crippen LogP contribution in [-0.2, 0) is 0 Å². The number of nitrogens with one attached hydrogen (secondary N) is 1. The minimum absolute atomic E-state index is 0.204. The topological polar surface area (TPSA) is 50.4 Å². The van der Waals surface area contributed by atoms with Crippen molar-refractivity contribution in [2.75, 3.05) is 6.54 Å². The summed E-state index contributed by atoms with van der Waals surface area (Å²) in [6, 6.07) is 0.204. The lowest BCUT2D eigenvalue weighted by Gasteiger charge is -1.96. The van der Waals surface area contributed by atoms with Crippen molar-refractivity contribution in [3.8, 4) is 12.3 Å². The van der Waals surface area contributed by atoms with E-state index in [1.165, 1.54) is 0 Å². The average Bonchev–Trinajstić information content (AvgIpc) is 2.17. The van der Waals surface area contributed by atoms with Crippen molar-refractivity contribution in [2.24, 2.45) is 10.7 Å². The van der Waals surface area contributed by atoms with Gasteiger partial charge in [-0.15, -0.1) is 12.3 Å². The molecule has 0 saturated heterocycles. The van der Waals surface area contributed by atoms with Gasteiger partial charge < -0.3 is 11.1 Å². The number of guanidine groups is 1. The first-order valence-electron chi connectivity index (χ1n) is 2.83. The molecule has 3 heteroatoms. The number of nitrogens with two attached hydrogens (primary N) is 1. The molecule has 1 aliphatic heterocycles. The van der Waals surface area contributed by atoms with Crippen molar-refractivity contribution in [1.82, 2.24) is 5.32 Å². The second kappa shape index (κ2) is 2.40. The largest absolute Gasteiger partial charge is 0.370 e. The molecule has 48 valence electrons. The van der Waals surface area contributed by atoms with Gasteiger partial charge in [0.05, 0.1) is 6.04 Å². The summed E-state index contributed by atoms with van der Waals surface area (Å²) in [7, 11) is 0. The first kappa shape index (κ1) is 5.96. The minimum Gasteiger partial charge on any atom is -0.370 e. The van der Waals surface area contributed by atoms with Crippen LogP contribution >= 0.6 is 0 Å². The molecule has 0 aromatic heterocycles. The third kappa shape index (κ3) is 1.36. The highest BCUT2D eigenvalue weighted by Gasteiger charge is 2.11. The van der Waals surface area contributed by atoms with Crippen LogP contribution in [0.2, 0.25) is 0 Å². The van der Waals surface area contributed by atoms with E-state index < -0.39 is 0 Å². The SMILES string of the molecule is C#CCC1CNC(N)=N1. The molecule has 1 heterocycles. The van der Waals surface area contributed by atoms with Gasteiger partial charge in [-0.2, -0.15) is 0 Å². The van der Waals surface area contributed by atoms with E-state index in [1.54, 1.807) is 0 Å². The molecule has 0 spiro atoms. The Labute approximate surface area is 54.3 Å². The van der Waals surface area contributed by atoms with Gasteiger partial charge in [-0.3, -0.25) is 0 Å². The van der Waals surface area contributed by atoms with Crippen molar-refractivity contribution in [2.45, 2.75) is 12.5 Å². The van der Waals surface area contributed by atoms with Crippen LogP contribution in [-0.4, -0.2) is 18.5 Å². The summed E-state index contributed by atoms with van der Waals surface area (Å²) in [5.74, 6) is 3.04. The zero-order valence-corrected chi connectivity index (χ0v) is 5.09. The standard InChI is InChI=1S/C6H9N3/c1-2-3-5-4-8-6(7)9-5/h1,5H,3-4H2,(H3,7,8,9). The molecule has 9 heavy (non-hydrogen) atoms. The van der Waals surface area contributed by atoms with Crippen molar-refractivity contribution in [1.29, 1.82) is 0 Å². The third-order valence-corrected chi connectivity index (χ3v) is 1.19. The molecule has 0 aromatic carbocycles. The number of hydrogen-bond acceptors (Lipinski definition) is 3. The maximum atomic E-state index is 5.33. The first-order valence-corrected chi connectivity index (χ1v) is 2.83. The maximum absolute atomic E-state index is 5.33. The monoisotopic (exact) mass is 123 g/mol. The number of rotatable bonds is 1. The van der Waals surface area contributed by atoms with Gasteiger partial charge in [0, 0.05) is 13.0 Å². The van der Waals surface area contributed by atoms with Gasteiger partial charge in [0.25, 0.3) is 0 Å². The van der Waals surface area contributed by atoms with Crippen LogP contribution in [0.4, 0.5) is 0 Å². The maximum Gasteiger partial charge on any atom is 0.189 e. The van der Waals surface area contributed by atoms with Gasteiger partial charge in [0.15, 0.2) is 5.96 Å². The summed E-state index contributed by atoms with van der Waals surface area (Å²) in [4.78, 5) is 4.02. The number of aliphatic imine (C=N–C) groups is 1. The molecule has 1 unspecified atom stereocenters. The molecule has 3 nitrogen and oxygen atoms in total. The van der Waals surface area contributed by atoms with Crippen LogP contribution in [0.3, 0.4) is 0 Å². The van der Waals surface area contributed by atoms with Gasteiger partial charge in [-0.1, -0.05) is 0 Å². The highest BCUT2D eigenvalue weighted by Crippen LogP contribution is 1.98. The third-order valence-electron chi connectivity index (χ3n) is 1.19. The highest BCUT2D eigenvalue weighted by atomic mass is 15.2. The van der Waals surface area contributed by atoms with Crippen LogP contribution < -0.4 is 11.1 Å². The van der Waals surface area contributed by atoms with E-state index in [0.29, 0.717) is 12.4 Å². The molecule has 0 radical (unpaired) electrons. The van der Waals surface area contributed by atoms with Crippen LogP contribution in [0.5, 0.6) is 0 Å². The van der Waals surface area contributed by atoms with Crippen LogP contribution in [0, 0.1) is 12.3 Å². The van der Waals surface area contributed by atoms with Crippen molar-refractivity contribution in [3.63, 3.8) is 0 Å². The predicted molar refractivity (Wildman–Crippen MR) is 36.9 cm³/mol. The smallest absolute Gasteiger partial charge is 0.189 e. The molecule has 0 aromatic rings. The molecule has 0 fully saturated rings. The molecule has 0 amide bonds. The van der Waals surface area contributed by atoms with E-state index in [4.69, 9.17) is 12.2 Å². The Kier molecular flexibility index (Phi) is 1.59. The molecular formula is C6H9N3. The Morgan fingerprint density at radius 2 is 2.78 bits per heavy atom. The van der Waals surface area contributed by atoms with Crippen molar-refractivity contribution < 1.29 is 0 Å². The van der Waals surface area contributed by atoms with Crippen LogP contribution in [0.1, 0.15) is 6.42 Å². The Bertz CT molecular complexity index is 166. The van der Waals surface area contributed by atoms with E-state index in [0.717, 1.165) is 6.54 Å². The lowest BCUT2D eigenvalue weighted by molar-refractivity contribution is 0.718. The summed E-state index contributed by atoms with van der Waals surface area (Å²) in [5, 5.41) is 2.89. The van der Waals surface area contributed by atoms with Gasteiger partial charge in [0.1, 0.15) is 0 Å². The first-order chi connectivity index (χ1) is 4.33. The van der Waals surface area contributed by atoms with E-state index >= 15 is 0 Å². The van der Waals surface area contributed by atoms with Crippen LogP contribution in [0.15, 0.2) is 4.99 Å². The van der Waals surface area contributed by atoms with Gasteiger partial charge in [0.2, 0.25) is 0 Å². The second-order valence-electron chi connectivity index (χ2n) is 1.96. The molecule has 0 aliphatic carbocycles. The fourth-order valence-electron chi connectivity index (χ4n) is 0.764. The van der Waals surface area contributed by atoms with Crippen molar-refractivity contribution in [3.05, 3.63) is 0 Å². The zero-order chi connectivity index (χ0) is 6.69. The summed E-state index contributed by atoms with van der Waals surface area (Å²) in [6.07, 6.45) is 5.74. The van der Waals surface area contributed by atoms with Gasteiger partial charge in [-0.05, 0) is 0 Å². The Morgan fingerprint density at radius 3 is 3.22 bits per heavy atom. The molecule has 1 rings (SSSR count). The average molecular weight is 123 g/mol. The molecular weight excluding hydrogens is 114 g/mol. The minimum atomic E-state index is 0.204. The summed E-state index contributed by atoms with van der Waals surface area (Å²) in [6.45, 7) is 0.788. The fraction of sp³-hybridized carbons (Fsp3) is 0.500. The predicted octanol–water partition coefficient (Wildman–Crippen LogP) is -0.704.